The van der Waals surface area contributed by atoms with Crippen molar-refractivity contribution in [1.29, 1.82) is 0 Å². The number of carbonyl (C=O) groups excluding carboxylic acids is 2. The average Bonchev–Trinajstić information content (AvgIpc) is 2.76. The fourth-order valence-electron chi connectivity index (χ4n) is 5.03. The Morgan fingerprint density at radius 2 is 1.81 bits per heavy atom. The lowest BCUT2D eigenvalue weighted by Crippen LogP contribution is -2.53. The summed E-state index contributed by atoms with van der Waals surface area (Å²) in [6.45, 7) is 5.12. The Morgan fingerprint density at radius 3 is 2.45 bits per heavy atom. The molecule has 7 heteroatoms. The van der Waals surface area contributed by atoms with Gasteiger partial charge >= 0.3 is 0 Å². The predicted octanol–water partition coefficient (Wildman–Crippen LogP) is 3.00. The second kappa shape index (κ2) is 11.5. The normalized spacial score (nSPS) is 23.8. The van der Waals surface area contributed by atoms with Gasteiger partial charge in [-0.15, -0.1) is 0 Å². The molecule has 1 aliphatic heterocycles. The van der Waals surface area contributed by atoms with Gasteiger partial charge in [-0.3, -0.25) is 14.5 Å². The molecular formula is C24H39N5O2. The molecule has 0 bridgehead atoms. The Bertz CT molecular complexity index is 707. The number of nitrogens with zero attached hydrogens (tertiary/aromatic N) is 2. The molecule has 7 nitrogen and oxygen atoms in total. The number of pyridine rings is 1. The summed E-state index contributed by atoms with van der Waals surface area (Å²) in [5, 5.41) is 6.06. The van der Waals surface area contributed by atoms with Crippen molar-refractivity contribution in [2.75, 3.05) is 12.3 Å². The van der Waals surface area contributed by atoms with Crippen LogP contribution >= 0.6 is 0 Å². The SMILES string of the molecule is CC1CCCC(C)N1CC(=O)NC(CC1CCCCC1)C(=O)NCc1ccc(N)nc1. The maximum Gasteiger partial charge on any atom is 0.242 e. The largest absolute Gasteiger partial charge is 0.384 e. The number of piperidine rings is 1. The molecule has 172 valence electrons. The third-order valence-electron chi connectivity index (χ3n) is 6.96. The number of anilines is 1. The minimum atomic E-state index is -0.493. The topological polar surface area (TPSA) is 100 Å². The third-order valence-corrected chi connectivity index (χ3v) is 6.96. The van der Waals surface area contributed by atoms with Gasteiger partial charge in [0, 0.05) is 24.8 Å². The molecule has 2 heterocycles. The van der Waals surface area contributed by atoms with Crippen LogP contribution in [0.1, 0.15) is 77.2 Å². The van der Waals surface area contributed by atoms with E-state index in [4.69, 9.17) is 5.73 Å². The van der Waals surface area contributed by atoms with Crippen molar-refractivity contribution in [2.24, 2.45) is 5.92 Å². The van der Waals surface area contributed by atoms with E-state index in [1.165, 1.54) is 25.7 Å². The molecule has 1 saturated carbocycles. The van der Waals surface area contributed by atoms with Gasteiger partial charge < -0.3 is 16.4 Å². The molecule has 1 saturated heterocycles. The van der Waals surface area contributed by atoms with E-state index in [2.05, 4.69) is 34.4 Å². The predicted molar refractivity (Wildman–Crippen MR) is 123 cm³/mol. The molecule has 4 N–H and O–H groups in total. The summed E-state index contributed by atoms with van der Waals surface area (Å²) >= 11 is 0. The highest BCUT2D eigenvalue weighted by atomic mass is 16.2. The summed E-state index contributed by atoms with van der Waals surface area (Å²) in [7, 11) is 0. The van der Waals surface area contributed by atoms with Crippen LogP contribution in [0.4, 0.5) is 5.82 Å². The van der Waals surface area contributed by atoms with Crippen molar-refractivity contribution in [2.45, 2.75) is 96.3 Å². The molecule has 0 spiro atoms. The van der Waals surface area contributed by atoms with Gasteiger partial charge in [0.05, 0.1) is 6.54 Å². The van der Waals surface area contributed by atoms with Crippen molar-refractivity contribution in [3.05, 3.63) is 23.9 Å². The van der Waals surface area contributed by atoms with Gasteiger partial charge in [-0.05, 0) is 50.7 Å². The maximum atomic E-state index is 13.0. The zero-order valence-corrected chi connectivity index (χ0v) is 19.1. The van der Waals surface area contributed by atoms with Crippen LogP contribution in [0.15, 0.2) is 18.3 Å². The Labute approximate surface area is 186 Å². The summed E-state index contributed by atoms with van der Waals surface area (Å²) in [5.74, 6) is 0.788. The van der Waals surface area contributed by atoms with E-state index in [-0.39, 0.29) is 11.8 Å². The summed E-state index contributed by atoms with van der Waals surface area (Å²) in [6, 6.07) is 3.89. The zero-order chi connectivity index (χ0) is 22.2. The van der Waals surface area contributed by atoms with E-state index in [9.17, 15) is 9.59 Å². The third kappa shape index (κ3) is 7.20. The molecule has 3 atom stereocenters. The molecule has 2 aliphatic rings. The molecule has 2 amide bonds. The van der Waals surface area contributed by atoms with Crippen molar-refractivity contribution < 1.29 is 9.59 Å². The highest BCUT2D eigenvalue weighted by molar-refractivity contribution is 5.88. The second-order valence-electron chi connectivity index (χ2n) is 9.47. The van der Waals surface area contributed by atoms with E-state index in [1.807, 2.05) is 6.07 Å². The van der Waals surface area contributed by atoms with E-state index in [0.29, 0.717) is 43.3 Å². The lowest BCUT2D eigenvalue weighted by atomic mass is 9.84. The number of nitrogen functional groups attached to an aromatic ring is 1. The molecule has 1 aliphatic carbocycles. The smallest absolute Gasteiger partial charge is 0.242 e. The number of aromatic nitrogens is 1. The Morgan fingerprint density at radius 1 is 1.10 bits per heavy atom. The van der Waals surface area contributed by atoms with E-state index < -0.39 is 6.04 Å². The van der Waals surface area contributed by atoms with Crippen LogP contribution in [0, 0.1) is 5.92 Å². The Hall–Kier alpha value is -2.15. The number of amides is 2. The highest BCUT2D eigenvalue weighted by Gasteiger charge is 2.29. The molecule has 3 unspecified atom stereocenters. The summed E-state index contributed by atoms with van der Waals surface area (Å²) in [5.41, 5.74) is 6.53. The lowest BCUT2D eigenvalue weighted by Gasteiger charge is -2.38. The molecule has 0 aromatic carbocycles. The van der Waals surface area contributed by atoms with Crippen LogP contribution in [0.5, 0.6) is 0 Å². The number of nitrogens with one attached hydrogen (secondary N) is 2. The number of likely N-dealkylation sites (tertiary alicyclic amines) is 1. The van der Waals surface area contributed by atoms with Crippen molar-refractivity contribution in [3.63, 3.8) is 0 Å². The van der Waals surface area contributed by atoms with Gasteiger partial charge in [-0.1, -0.05) is 44.6 Å². The van der Waals surface area contributed by atoms with Crippen LogP contribution in [-0.4, -0.2) is 46.4 Å². The summed E-state index contributed by atoms with van der Waals surface area (Å²) in [4.78, 5) is 32.3. The first-order chi connectivity index (χ1) is 14.9. The van der Waals surface area contributed by atoms with Crippen LogP contribution < -0.4 is 16.4 Å². The van der Waals surface area contributed by atoms with Gasteiger partial charge in [-0.2, -0.15) is 0 Å². The minimum Gasteiger partial charge on any atom is -0.384 e. The van der Waals surface area contributed by atoms with E-state index in [1.54, 1.807) is 12.3 Å². The zero-order valence-electron chi connectivity index (χ0n) is 19.1. The monoisotopic (exact) mass is 429 g/mol. The van der Waals surface area contributed by atoms with Crippen LogP contribution in [-0.2, 0) is 16.1 Å². The van der Waals surface area contributed by atoms with Gasteiger partial charge in [0.2, 0.25) is 11.8 Å². The number of nitrogens with two attached hydrogens (primary N) is 1. The van der Waals surface area contributed by atoms with Crippen LogP contribution in [0.3, 0.4) is 0 Å². The van der Waals surface area contributed by atoms with Gasteiger partial charge in [-0.25, -0.2) is 4.98 Å². The van der Waals surface area contributed by atoms with Crippen LogP contribution in [0.25, 0.3) is 0 Å². The summed E-state index contributed by atoms with van der Waals surface area (Å²) in [6.07, 6.45) is 11.8. The molecule has 1 aromatic heterocycles. The Kier molecular flexibility index (Phi) is 8.69. The maximum absolute atomic E-state index is 13.0. The quantitative estimate of drug-likeness (QED) is 0.590. The van der Waals surface area contributed by atoms with Crippen molar-refractivity contribution >= 4 is 17.6 Å². The minimum absolute atomic E-state index is 0.0503. The van der Waals surface area contributed by atoms with Gasteiger partial charge in [0.25, 0.3) is 0 Å². The van der Waals surface area contributed by atoms with E-state index >= 15 is 0 Å². The average molecular weight is 430 g/mol. The van der Waals surface area contributed by atoms with E-state index in [0.717, 1.165) is 31.2 Å². The molecule has 1 aromatic rings. The number of carbonyl (C=O) groups is 2. The lowest BCUT2D eigenvalue weighted by molar-refractivity contribution is -0.131. The van der Waals surface area contributed by atoms with Crippen LogP contribution in [0.2, 0.25) is 0 Å². The fourth-order valence-corrected chi connectivity index (χ4v) is 5.03. The standard InChI is InChI=1S/C24H39N5O2/c1-17-7-6-8-18(2)29(17)16-23(30)28-21(13-19-9-4-3-5-10-19)24(31)27-15-20-11-12-22(25)26-14-20/h11-12,14,17-19,21H,3-10,13,15-16H2,1-2H3,(H2,25,26)(H,27,31)(H,28,30). The molecule has 0 radical (unpaired) electrons. The molecule has 3 rings (SSSR count). The number of hydrogen-bond acceptors (Lipinski definition) is 5. The molecule has 2 fully saturated rings. The first-order valence-corrected chi connectivity index (χ1v) is 12.0. The highest BCUT2D eigenvalue weighted by Crippen LogP contribution is 2.27. The first kappa shape index (κ1) is 23.5. The number of hydrogen-bond donors (Lipinski definition) is 3. The van der Waals surface area contributed by atoms with Gasteiger partial charge in [0.1, 0.15) is 11.9 Å². The molecule has 31 heavy (non-hydrogen) atoms. The first-order valence-electron chi connectivity index (χ1n) is 12.0. The summed E-state index contributed by atoms with van der Waals surface area (Å²) < 4.78 is 0. The number of rotatable bonds is 8. The second-order valence-corrected chi connectivity index (χ2v) is 9.47. The fraction of sp³-hybridized carbons (Fsp3) is 0.708. The molecular weight excluding hydrogens is 390 g/mol. The Balaban J connectivity index is 1.59. The van der Waals surface area contributed by atoms with Crippen molar-refractivity contribution in [1.82, 2.24) is 20.5 Å². The van der Waals surface area contributed by atoms with Crippen molar-refractivity contribution in [3.8, 4) is 0 Å². The van der Waals surface area contributed by atoms with Gasteiger partial charge in [0.15, 0.2) is 0 Å².